The van der Waals surface area contributed by atoms with Crippen molar-refractivity contribution in [3.05, 3.63) is 56.2 Å². The lowest BCUT2D eigenvalue weighted by atomic mass is 10.1. The molecule has 1 aromatic heterocycles. The molecule has 1 aromatic carbocycles. The van der Waals surface area contributed by atoms with Crippen molar-refractivity contribution in [3.8, 4) is 0 Å². The fourth-order valence-electron chi connectivity index (χ4n) is 1.76. The van der Waals surface area contributed by atoms with E-state index in [1.54, 1.807) is 11.3 Å². The second-order valence-corrected chi connectivity index (χ2v) is 6.77. The summed E-state index contributed by atoms with van der Waals surface area (Å²) in [5, 5.41) is 3.55. The van der Waals surface area contributed by atoms with Crippen molar-refractivity contribution in [3.63, 3.8) is 0 Å². The number of aryl methyl sites for hydroxylation is 1. The molecule has 2 aromatic rings. The molecule has 90 valence electrons. The Morgan fingerprint density at radius 1 is 1.29 bits per heavy atom. The summed E-state index contributed by atoms with van der Waals surface area (Å²) in [6.45, 7) is 5.26. The molecule has 3 heteroatoms. The van der Waals surface area contributed by atoms with Gasteiger partial charge in [0.15, 0.2) is 0 Å². The maximum absolute atomic E-state index is 3.55. The van der Waals surface area contributed by atoms with Gasteiger partial charge in [-0.15, -0.1) is 11.3 Å². The summed E-state index contributed by atoms with van der Waals surface area (Å²) in [5.41, 5.74) is 2.66. The van der Waals surface area contributed by atoms with Gasteiger partial charge in [-0.1, -0.05) is 29.8 Å². The number of benzene rings is 1. The highest BCUT2D eigenvalue weighted by atomic mass is 79.9. The van der Waals surface area contributed by atoms with E-state index in [1.165, 1.54) is 19.8 Å². The van der Waals surface area contributed by atoms with Crippen molar-refractivity contribution < 1.29 is 0 Å². The van der Waals surface area contributed by atoms with E-state index in [1.807, 2.05) is 0 Å². The molecule has 1 N–H and O–H groups in total. The van der Waals surface area contributed by atoms with Crippen molar-refractivity contribution >= 4 is 27.3 Å². The molecular formula is C14H16BrNS. The van der Waals surface area contributed by atoms with Gasteiger partial charge in [-0.25, -0.2) is 0 Å². The smallest absolute Gasteiger partial charge is 0.0701 e. The van der Waals surface area contributed by atoms with Gasteiger partial charge in [-0.05, 0) is 47.5 Å². The highest BCUT2D eigenvalue weighted by molar-refractivity contribution is 9.11. The van der Waals surface area contributed by atoms with Crippen molar-refractivity contribution in [2.75, 3.05) is 0 Å². The summed E-state index contributed by atoms with van der Waals surface area (Å²) in [5.74, 6) is 0. The third kappa shape index (κ3) is 3.66. The van der Waals surface area contributed by atoms with Crippen molar-refractivity contribution in [1.82, 2.24) is 5.32 Å². The van der Waals surface area contributed by atoms with Crippen LogP contribution in [-0.2, 0) is 6.54 Å². The van der Waals surface area contributed by atoms with Gasteiger partial charge >= 0.3 is 0 Å². The van der Waals surface area contributed by atoms with Crippen LogP contribution in [0.25, 0.3) is 0 Å². The standard InChI is InChI=1S/C14H16BrNS/c1-10-4-3-5-12(8-10)11(2)16-9-13-6-7-14(15)17-13/h3-8,11,16H,9H2,1-2H3/t11-/m0/s1. The third-order valence-electron chi connectivity index (χ3n) is 2.75. The first kappa shape index (κ1) is 12.8. The largest absolute Gasteiger partial charge is 0.305 e. The SMILES string of the molecule is Cc1cccc([C@H](C)NCc2ccc(Br)s2)c1. The minimum atomic E-state index is 0.385. The molecule has 2 rings (SSSR count). The molecule has 0 bridgehead atoms. The summed E-state index contributed by atoms with van der Waals surface area (Å²) in [7, 11) is 0. The molecule has 17 heavy (non-hydrogen) atoms. The number of hydrogen-bond donors (Lipinski definition) is 1. The monoisotopic (exact) mass is 309 g/mol. The van der Waals surface area contributed by atoms with Crippen LogP contribution in [-0.4, -0.2) is 0 Å². The Morgan fingerprint density at radius 2 is 2.12 bits per heavy atom. The molecule has 1 heterocycles. The summed E-state index contributed by atoms with van der Waals surface area (Å²) >= 11 is 5.27. The second kappa shape index (κ2) is 5.80. The van der Waals surface area contributed by atoms with Gasteiger partial charge in [0.1, 0.15) is 0 Å². The van der Waals surface area contributed by atoms with Gasteiger partial charge in [0.2, 0.25) is 0 Å². The van der Waals surface area contributed by atoms with E-state index in [0.717, 1.165) is 6.54 Å². The van der Waals surface area contributed by atoms with Crippen molar-refractivity contribution in [2.24, 2.45) is 0 Å². The Kier molecular flexibility index (Phi) is 4.37. The molecule has 0 aliphatic carbocycles. The van der Waals surface area contributed by atoms with Gasteiger partial charge in [0.25, 0.3) is 0 Å². The number of hydrogen-bond acceptors (Lipinski definition) is 2. The lowest BCUT2D eigenvalue weighted by Crippen LogP contribution is -2.17. The van der Waals surface area contributed by atoms with Gasteiger partial charge in [-0.2, -0.15) is 0 Å². The van der Waals surface area contributed by atoms with Crippen LogP contribution in [0.4, 0.5) is 0 Å². The zero-order valence-corrected chi connectivity index (χ0v) is 12.4. The lowest BCUT2D eigenvalue weighted by molar-refractivity contribution is 0.578. The molecule has 0 saturated carbocycles. The average molecular weight is 310 g/mol. The fourth-order valence-corrected chi connectivity index (χ4v) is 3.19. The predicted octanol–water partition coefficient (Wildman–Crippen LogP) is 4.67. The topological polar surface area (TPSA) is 12.0 Å². The number of halogens is 1. The van der Waals surface area contributed by atoms with E-state index in [2.05, 4.69) is 71.5 Å². The summed E-state index contributed by atoms with van der Waals surface area (Å²) in [6.07, 6.45) is 0. The van der Waals surface area contributed by atoms with Crippen LogP contribution in [0.15, 0.2) is 40.2 Å². The quantitative estimate of drug-likeness (QED) is 0.865. The molecule has 0 aliphatic heterocycles. The molecule has 0 fully saturated rings. The number of rotatable bonds is 4. The Morgan fingerprint density at radius 3 is 2.76 bits per heavy atom. The Labute approximate surface area is 115 Å². The van der Waals surface area contributed by atoms with E-state index in [0.29, 0.717) is 6.04 Å². The third-order valence-corrected chi connectivity index (χ3v) is 4.38. The zero-order chi connectivity index (χ0) is 12.3. The van der Waals surface area contributed by atoms with Gasteiger partial charge in [0.05, 0.1) is 3.79 Å². The normalized spacial score (nSPS) is 12.6. The summed E-state index contributed by atoms with van der Waals surface area (Å²) < 4.78 is 1.19. The minimum Gasteiger partial charge on any atom is -0.305 e. The lowest BCUT2D eigenvalue weighted by Gasteiger charge is -2.14. The van der Waals surface area contributed by atoms with E-state index in [-0.39, 0.29) is 0 Å². The van der Waals surface area contributed by atoms with Crippen LogP contribution < -0.4 is 5.32 Å². The maximum Gasteiger partial charge on any atom is 0.0701 e. The van der Waals surface area contributed by atoms with Crippen LogP contribution in [0.1, 0.15) is 29.0 Å². The highest BCUT2D eigenvalue weighted by Crippen LogP contribution is 2.23. The van der Waals surface area contributed by atoms with Gasteiger partial charge in [0, 0.05) is 17.5 Å². The van der Waals surface area contributed by atoms with Gasteiger partial charge in [-0.3, -0.25) is 0 Å². The zero-order valence-electron chi connectivity index (χ0n) is 10.0. The molecule has 1 nitrogen and oxygen atoms in total. The number of nitrogens with one attached hydrogen (secondary N) is 1. The van der Waals surface area contributed by atoms with Crippen LogP contribution in [0.2, 0.25) is 0 Å². The Hall–Kier alpha value is -0.640. The van der Waals surface area contributed by atoms with Crippen LogP contribution in [0, 0.1) is 6.92 Å². The van der Waals surface area contributed by atoms with Crippen molar-refractivity contribution in [2.45, 2.75) is 26.4 Å². The first-order valence-corrected chi connectivity index (χ1v) is 7.30. The number of thiophene rings is 1. The van der Waals surface area contributed by atoms with E-state index >= 15 is 0 Å². The maximum atomic E-state index is 3.55. The first-order valence-electron chi connectivity index (χ1n) is 5.69. The van der Waals surface area contributed by atoms with E-state index in [4.69, 9.17) is 0 Å². The molecule has 0 saturated heterocycles. The molecule has 0 radical (unpaired) electrons. The summed E-state index contributed by atoms with van der Waals surface area (Å²) in [4.78, 5) is 1.36. The molecular weight excluding hydrogens is 294 g/mol. The molecule has 0 aliphatic rings. The molecule has 0 amide bonds. The van der Waals surface area contributed by atoms with E-state index < -0.39 is 0 Å². The molecule has 0 unspecified atom stereocenters. The Balaban J connectivity index is 1.95. The average Bonchev–Trinajstić information content (AvgIpc) is 2.72. The predicted molar refractivity (Wildman–Crippen MR) is 78.5 cm³/mol. The van der Waals surface area contributed by atoms with Crippen molar-refractivity contribution in [1.29, 1.82) is 0 Å². The van der Waals surface area contributed by atoms with Crippen LogP contribution in [0.5, 0.6) is 0 Å². The van der Waals surface area contributed by atoms with Crippen LogP contribution in [0.3, 0.4) is 0 Å². The first-order chi connectivity index (χ1) is 8.15. The van der Waals surface area contributed by atoms with Gasteiger partial charge < -0.3 is 5.32 Å². The summed E-state index contributed by atoms with van der Waals surface area (Å²) in [6, 6.07) is 13.3. The molecule has 0 spiro atoms. The highest BCUT2D eigenvalue weighted by Gasteiger charge is 2.05. The minimum absolute atomic E-state index is 0.385. The van der Waals surface area contributed by atoms with E-state index in [9.17, 15) is 0 Å². The fraction of sp³-hybridized carbons (Fsp3) is 0.286. The Bertz CT molecular complexity index is 492. The second-order valence-electron chi connectivity index (χ2n) is 4.22. The molecule has 1 atom stereocenters. The van der Waals surface area contributed by atoms with Crippen LogP contribution >= 0.6 is 27.3 Å².